The summed E-state index contributed by atoms with van der Waals surface area (Å²) in [5, 5.41) is 10.7. The molecule has 1 N–H and O–H groups in total. The molecule has 0 unspecified atom stereocenters. The lowest BCUT2D eigenvalue weighted by Crippen LogP contribution is -2.41. The van der Waals surface area contributed by atoms with Gasteiger partial charge in [0.05, 0.1) is 5.39 Å². The van der Waals surface area contributed by atoms with Gasteiger partial charge >= 0.3 is 5.97 Å². The van der Waals surface area contributed by atoms with E-state index >= 15 is 0 Å². The molecule has 0 aliphatic rings. The van der Waals surface area contributed by atoms with Gasteiger partial charge in [-0.15, -0.1) is 0 Å². The first-order valence-electron chi connectivity index (χ1n) is 7.02. The molecule has 0 amide bonds. The van der Waals surface area contributed by atoms with E-state index in [-0.39, 0.29) is 0 Å². The molecule has 3 aromatic rings. The van der Waals surface area contributed by atoms with Gasteiger partial charge < -0.3 is 9.84 Å². The summed E-state index contributed by atoms with van der Waals surface area (Å²) in [7, 11) is 0. The lowest BCUT2D eigenvalue weighted by molar-refractivity contribution is -0.689. The number of rotatable bonds is 4. The van der Waals surface area contributed by atoms with Gasteiger partial charge in [0.1, 0.15) is 0 Å². The van der Waals surface area contributed by atoms with Crippen molar-refractivity contribution >= 4 is 16.7 Å². The van der Waals surface area contributed by atoms with Crippen LogP contribution >= 0.6 is 0 Å². The Balaban J connectivity index is 2.12. The molecule has 1 aromatic heterocycles. The van der Waals surface area contributed by atoms with Gasteiger partial charge in [-0.1, -0.05) is 48.5 Å². The van der Waals surface area contributed by atoms with Crippen LogP contribution in [-0.2, 0) is 11.3 Å². The van der Waals surface area contributed by atoms with Crippen LogP contribution in [-0.4, -0.2) is 17.9 Å². The normalized spacial score (nSPS) is 10.6. The first-order chi connectivity index (χ1) is 10.8. The summed E-state index contributed by atoms with van der Waals surface area (Å²) in [6, 6.07) is 19.5. The summed E-state index contributed by atoms with van der Waals surface area (Å²) >= 11 is 0. The maximum absolute atomic E-state index is 12.3. The third-order valence-electron chi connectivity index (χ3n) is 3.52. The molecule has 0 radical (unpaired) electrons. The zero-order valence-corrected chi connectivity index (χ0v) is 12.0. The lowest BCUT2D eigenvalue weighted by Gasteiger charge is -2.07. The molecule has 0 spiro atoms. The van der Waals surface area contributed by atoms with Gasteiger partial charge in [0, 0.05) is 11.6 Å². The van der Waals surface area contributed by atoms with Crippen LogP contribution in [0.15, 0.2) is 66.9 Å². The Bertz CT molecular complexity index is 800. The molecule has 0 aliphatic carbocycles. The van der Waals surface area contributed by atoms with E-state index in [0.717, 1.165) is 16.3 Å². The monoisotopic (exact) mass is 294 g/mol. The van der Waals surface area contributed by atoms with E-state index in [1.165, 1.54) is 0 Å². The Morgan fingerprint density at radius 2 is 1.73 bits per heavy atom. The molecular formula is C18H16NO3+. The first kappa shape index (κ1) is 14.2. The maximum Gasteiger partial charge on any atom is 0.406 e. The molecule has 2 aromatic carbocycles. The largest absolute Gasteiger partial charge is 0.431 e. The van der Waals surface area contributed by atoms with E-state index in [2.05, 4.69) is 0 Å². The fourth-order valence-electron chi connectivity index (χ4n) is 2.52. The number of ether oxygens (including phenoxy) is 1. The molecule has 0 bridgehead atoms. The minimum absolute atomic E-state index is 0.441. The van der Waals surface area contributed by atoms with E-state index in [9.17, 15) is 4.79 Å². The smallest absolute Gasteiger partial charge is 0.406 e. The molecule has 110 valence electrons. The van der Waals surface area contributed by atoms with E-state index < -0.39 is 12.8 Å². The summed E-state index contributed by atoms with van der Waals surface area (Å²) < 4.78 is 6.65. The molecule has 0 fully saturated rings. The van der Waals surface area contributed by atoms with Crippen LogP contribution in [0.25, 0.3) is 10.8 Å². The topological polar surface area (TPSA) is 50.4 Å². The average Bonchev–Trinajstić information content (AvgIpc) is 2.55. The number of pyridine rings is 1. The van der Waals surface area contributed by atoms with Crippen LogP contribution in [0.4, 0.5) is 0 Å². The number of fused-ring (bicyclic) bond motifs is 1. The Morgan fingerprint density at radius 3 is 2.50 bits per heavy atom. The molecule has 0 aliphatic heterocycles. The van der Waals surface area contributed by atoms with E-state index in [0.29, 0.717) is 12.2 Å². The van der Waals surface area contributed by atoms with Crippen LogP contribution in [0.1, 0.15) is 16.1 Å². The molecule has 4 nitrogen and oxygen atoms in total. The van der Waals surface area contributed by atoms with Crippen molar-refractivity contribution in [3.8, 4) is 0 Å². The number of hydrogen-bond donors (Lipinski definition) is 1. The predicted octanol–water partition coefficient (Wildman–Crippen LogP) is 2.28. The second-order valence-corrected chi connectivity index (χ2v) is 4.93. The van der Waals surface area contributed by atoms with Crippen molar-refractivity contribution in [3.63, 3.8) is 0 Å². The summed E-state index contributed by atoms with van der Waals surface area (Å²) in [6.45, 7) is -0.0745. The molecule has 0 saturated heterocycles. The summed E-state index contributed by atoms with van der Waals surface area (Å²) in [5.74, 6) is -0.532. The van der Waals surface area contributed by atoms with Crippen LogP contribution in [0, 0.1) is 0 Å². The number of aliphatic hydroxyl groups excluding tert-OH is 1. The van der Waals surface area contributed by atoms with Crippen LogP contribution < -0.4 is 4.57 Å². The highest BCUT2D eigenvalue weighted by atomic mass is 16.6. The van der Waals surface area contributed by atoms with E-state index in [4.69, 9.17) is 9.84 Å². The maximum atomic E-state index is 12.3. The standard InChI is InChI=1S/C18H16NO3/c20-13-22-18(21)17-16-9-5-4-8-15(16)10-11-19(17)12-14-6-2-1-3-7-14/h1-11,20H,12-13H2/q+1. The average molecular weight is 294 g/mol. The minimum atomic E-state index is -0.632. The zero-order chi connectivity index (χ0) is 15.4. The summed E-state index contributed by atoms with van der Waals surface area (Å²) in [5.41, 5.74) is 1.52. The second kappa shape index (κ2) is 6.37. The van der Waals surface area contributed by atoms with Crippen molar-refractivity contribution in [2.24, 2.45) is 0 Å². The quantitative estimate of drug-likeness (QED) is 0.456. The molecule has 0 atom stereocenters. The first-order valence-corrected chi connectivity index (χ1v) is 7.02. The second-order valence-electron chi connectivity index (χ2n) is 4.93. The number of carbonyl (C=O) groups is 1. The highest BCUT2D eigenvalue weighted by Gasteiger charge is 2.24. The van der Waals surface area contributed by atoms with Gasteiger partial charge in [-0.3, -0.25) is 0 Å². The fourth-order valence-corrected chi connectivity index (χ4v) is 2.52. The lowest BCUT2D eigenvalue weighted by atomic mass is 10.1. The molecule has 0 saturated carbocycles. The number of esters is 1. The Hall–Kier alpha value is -2.72. The number of carbonyl (C=O) groups excluding carboxylic acids is 1. The fraction of sp³-hybridized carbons (Fsp3) is 0.111. The van der Waals surface area contributed by atoms with Gasteiger partial charge in [-0.2, -0.15) is 4.57 Å². The SMILES string of the molecule is O=C(OCO)c1c2ccccc2cc[n+]1Cc1ccccc1. The molecule has 1 heterocycles. The molecule has 3 rings (SSSR count). The highest BCUT2D eigenvalue weighted by Crippen LogP contribution is 2.16. The van der Waals surface area contributed by atoms with Crippen LogP contribution in [0.5, 0.6) is 0 Å². The Morgan fingerprint density at radius 1 is 1.00 bits per heavy atom. The van der Waals surface area contributed by atoms with Gasteiger partial charge in [0.2, 0.25) is 0 Å². The molecule has 4 heteroatoms. The minimum Gasteiger partial charge on any atom is -0.431 e. The van der Waals surface area contributed by atoms with Crippen LogP contribution in [0.2, 0.25) is 0 Å². The van der Waals surface area contributed by atoms with Gasteiger partial charge in [-0.05, 0) is 11.5 Å². The number of benzene rings is 2. The van der Waals surface area contributed by atoms with Crippen molar-refractivity contribution in [1.29, 1.82) is 0 Å². The van der Waals surface area contributed by atoms with E-state index in [1.54, 1.807) is 0 Å². The van der Waals surface area contributed by atoms with Gasteiger partial charge in [-0.25, -0.2) is 4.79 Å². The van der Waals surface area contributed by atoms with Crippen molar-refractivity contribution < 1.29 is 19.2 Å². The number of aromatic nitrogens is 1. The number of nitrogens with zero attached hydrogens (tertiary/aromatic N) is 1. The Kier molecular flexibility index (Phi) is 4.12. The third-order valence-corrected chi connectivity index (χ3v) is 3.52. The van der Waals surface area contributed by atoms with Crippen molar-refractivity contribution in [3.05, 3.63) is 78.1 Å². The Labute approximate surface area is 128 Å². The predicted molar refractivity (Wildman–Crippen MR) is 82.2 cm³/mol. The van der Waals surface area contributed by atoms with Crippen molar-refractivity contribution in [1.82, 2.24) is 0 Å². The molecule has 22 heavy (non-hydrogen) atoms. The van der Waals surface area contributed by atoms with E-state index in [1.807, 2.05) is 71.4 Å². The van der Waals surface area contributed by atoms with Gasteiger partial charge in [0.15, 0.2) is 19.5 Å². The summed E-state index contributed by atoms with van der Waals surface area (Å²) in [6.07, 6.45) is 1.86. The zero-order valence-electron chi connectivity index (χ0n) is 12.0. The van der Waals surface area contributed by atoms with Gasteiger partial charge in [0.25, 0.3) is 5.69 Å². The molecular weight excluding hydrogens is 278 g/mol. The highest BCUT2D eigenvalue weighted by molar-refractivity contribution is 6.01. The van der Waals surface area contributed by atoms with Crippen LogP contribution in [0.3, 0.4) is 0 Å². The van der Waals surface area contributed by atoms with Crippen molar-refractivity contribution in [2.75, 3.05) is 6.79 Å². The third kappa shape index (κ3) is 2.82. The number of hydrogen-bond acceptors (Lipinski definition) is 3. The summed E-state index contributed by atoms with van der Waals surface area (Å²) in [4.78, 5) is 12.3. The van der Waals surface area contributed by atoms with Crippen molar-refractivity contribution in [2.45, 2.75) is 6.54 Å². The number of aliphatic hydroxyl groups is 1.